The lowest BCUT2D eigenvalue weighted by Crippen LogP contribution is -2.23. The van der Waals surface area contributed by atoms with Gasteiger partial charge in [0.25, 0.3) is 0 Å². The number of hydrogen-bond donors (Lipinski definition) is 1. The molecule has 0 aromatic heterocycles. The fourth-order valence-electron chi connectivity index (χ4n) is 2.65. The summed E-state index contributed by atoms with van der Waals surface area (Å²) in [6.07, 6.45) is 16.2. The van der Waals surface area contributed by atoms with E-state index in [4.69, 9.17) is 0 Å². The van der Waals surface area contributed by atoms with Gasteiger partial charge in [0.1, 0.15) is 0 Å². The van der Waals surface area contributed by atoms with Crippen LogP contribution in [-0.2, 0) is 4.79 Å². The molecule has 0 rings (SSSR count). The van der Waals surface area contributed by atoms with E-state index in [1.54, 1.807) is 0 Å². The summed E-state index contributed by atoms with van der Waals surface area (Å²) in [6, 6.07) is 0. The number of carboxylic acid groups (broad SMARTS) is 1. The van der Waals surface area contributed by atoms with Crippen LogP contribution in [-0.4, -0.2) is 17.2 Å². The predicted octanol–water partition coefficient (Wildman–Crippen LogP) is 3.97. The zero-order valence-corrected chi connectivity index (χ0v) is 13.9. The largest absolute Gasteiger partial charge is 0.550 e. The van der Waals surface area contributed by atoms with E-state index in [0.29, 0.717) is 6.42 Å². The Hall–Kier alpha value is -0.570. The third-order valence-corrected chi connectivity index (χ3v) is 4.07. The second-order valence-corrected chi connectivity index (χ2v) is 6.24. The van der Waals surface area contributed by atoms with Gasteiger partial charge in [0.2, 0.25) is 0 Å². The minimum Gasteiger partial charge on any atom is -0.550 e. The van der Waals surface area contributed by atoms with Gasteiger partial charge < -0.3 is 15.0 Å². The average molecular weight is 299 g/mol. The Balaban J connectivity index is 3.10. The lowest BCUT2D eigenvalue weighted by molar-refractivity contribution is -0.306. The molecule has 21 heavy (non-hydrogen) atoms. The average Bonchev–Trinajstić information content (AvgIpc) is 2.46. The highest BCUT2D eigenvalue weighted by molar-refractivity contribution is 5.64. The molecular formula is C18H35O3-. The fourth-order valence-corrected chi connectivity index (χ4v) is 2.65. The quantitative estimate of drug-likeness (QED) is 0.439. The Labute approximate surface area is 131 Å². The van der Waals surface area contributed by atoms with Crippen LogP contribution < -0.4 is 5.11 Å². The molecule has 0 heterocycles. The minimum absolute atomic E-state index is 0.0284. The molecule has 126 valence electrons. The van der Waals surface area contributed by atoms with Gasteiger partial charge in [-0.3, -0.25) is 0 Å². The Bertz CT molecular complexity index is 229. The summed E-state index contributed by atoms with van der Waals surface area (Å²) in [5.74, 6) is -1.07. The molecule has 0 amide bonds. The van der Waals surface area contributed by atoms with Crippen LogP contribution in [0.5, 0.6) is 0 Å². The first kappa shape index (κ1) is 20.4. The lowest BCUT2D eigenvalue weighted by atomic mass is 10.0. The van der Waals surface area contributed by atoms with Gasteiger partial charge in [0, 0.05) is 5.97 Å². The van der Waals surface area contributed by atoms with E-state index < -0.39 is 12.1 Å². The van der Waals surface area contributed by atoms with Crippen LogP contribution in [0.3, 0.4) is 0 Å². The summed E-state index contributed by atoms with van der Waals surface area (Å²) in [5, 5.41) is 19.8. The molecule has 0 radical (unpaired) electrons. The molecule has 0 aromatic carbocycles. The maximum atomic E-state index is 10.3. The van der Waals surface area contributed by atoms with E-state index in [1.807, 2.05) is 0 Å². The third kappa shape index (κ3) is 17.4. The summed E-state index contributed by atoms with van der Waals surface area (Å²) in [7, 11) is 0. The van der Waals surface area contributed by atoms with E-state index in [-0.39, 0.29) is 6.42 Å². The summed E-state index contributed by atoms with van der Waals surface area (Å²) in [6.45, 7) is 2.25. The molecule has 0 aliphatic rings. The summed E-state index contributed by atoms with van der Waals surface area (Å²) in [5.41, 5.74) is 0. The second-order valence-electron chi connectivity index (χ2n) is 6.24. The topological polar surface area (TPSA) is 60.4 Å². The van der Waals surface area contributed by atoms with Crippen molar-refractivity contribution in [2.75, 3.05) is 0 Å². The van der Waals surface area contributed by atoms with Gasteiger partial charge in [0.05, 0.1) is 6.10 Å². The van der Waals surface area contributed by atoms with Crippen molar-refractivity contribution in [1.29, 1.82) is 0 Å². The molecule has 0 aliphatic carbocycles. The molecule has 0 spiro atoms. The molecule has 0 saturated carbocycles. The van der Waals surface area contributed by atoms with Gasteiger partial charge in [-0.25, -0.2) is 0 Å². The minimum atomic E-state index is -1.07. The van der Waals surface area contributed by atoms with Gasteiger partial charge in [-0.2, -0.15) is 0 Å². The first-order valence-corrected chi connectivity index (χ1v) is 9.04. The molecule has 3 nitrogen and oxygen atoms in total. The van der Waals surface area contributed by atoms with Gasteiger partial charge in [-0.05, 0) is 19.3 Å². The number of aliphatic hydroxyl groups excluding tert-OH is 1. The van der Waals surface area contributed by atoms with Gasteiger partial charge in [0.15, 0.2) is 0 Å². The molecule has 0 aliphatic heterocycles. The first-order valence-electron chi connectivity index (χ1n) is 9.04. The highest BCUT2D eigenvalue weighted by Gasteiger charge is 2.03. The van der Waals surface area contributed by atoms with E-state index in [1.165, 1.54) is 64.2 Å². The Morgan fingerprint density at radius 3 is 1.67 bits per heavy atom. The summed E-state index contributed by atoms with van der Waals surface area (Å²) in [4.78, 5) is 10.3. The van der Waals surface area contributed by atoms with Crippen molar-refractivity contribution >= 4 is 5.97 Å². The number of aliphatic hydroxyl groups is 1. The molecule has 0 aromatic rings. The van der Waals surface area contributed by atoms with Crippen molar-refractivity contribution in [2.45, 2.75) is 109 Å². The maximum absolute atomic E-state index is 10.3. The monoisotopic (exact) mass is 299 g/mol. The predicted molar refractivity (Wildman–Crippen MR) is 85.9 cm³/mol. The van der Waals surface area contributed by atoms with Crippen LogP contribution in [0.1, 0.15) is 103 Å². The van der Waals surface area contributed by atoms with Crippen LogP contribution in [0.4, 0.5) is 0 Å². The van der Waals surface area contributed by atoms with Crippen LogP contribution in [0.25, 0.3) is 0 Å². The van der Waals surface area contributed by atoms with Crippen molar-refractivity contribution in [3.8, 4) is 0 Å². The Kier molecular flexibility index (Phi) is 15.4. The van der Waals surface area contributed by atoms with E-state index in [9.17, 15) is 15.0 Å². The highest BCUT2D eigenvalue weighted by Crippen LogP contribution is 2.13. The molecule has 0 saturated heterocycles. The smallest absolute Gasteiger partial charge is 0.0543 e. The van der Waals surface area contributed by atoms with Crippen molar-refractivity contribution in [1.82, 2.24) is 0 Å². The number of aliphatic carboxylic acids is 1. The molecule has 0 fully saturated rings. The standard InChI is InChI=1S/C18H36O3/c1-2-3-4-5-6-7-8-9-10-11-12-13-14-17(19)15-16-18(20)21/h17,19H,2-16H2,1H3,(H,20,21)/p-1. The second kappa shape index (κ2) is 15.8. The normalized spacial score (nSPS) is 12.5. The molecule has 1 atom stereocenters. The van der Waals surface area contributed by atoms with Gasteiger partial charge in [-0.15, -0.1) is 0 Å². The molecule has 1 N–H and O–H groups in total. The van der Waals surface area contributed by atoms with Gasteiger partial charge in [-0.1, -0.05) is 84.0 Å². The van der Waals surface area contributed by atoms with E-state index in [0.717, 1.165) is 19.3 Å². The number of carbonyl (C=O) groups excluding carboxylic acids is 1. The zero-order chi connectivity index (χ0) is 15.8. The van der Waals surface area contributed by atoms with Crippen molar-refractivity contribution in [3.63, 3.8) is 0 Å². The van der Waals surface area contributed by atoms with Crippen LogP contribution in [0.2, 0.25) is 0 Å². The summed E-state index contributed by atoms with van der Waals surface area (Å²) >= 11 is 0. The van der Waals surface area contributed by atoms with Crippen molar-refractivity contribution < 1.29 is 15.0 Å². The van der Waals surface area contributed by atoms with E-state index in [2.05, 4.69) is 6.92 Å². The zero-order valence-electron chi connectivity index (χ0n) is 13.9. The number of carbonyl (C=O) groups is 1. The van der Waals surface area contributed by atoms with Gasteiger partial charge >= 0.3 is 0 Å². The highest BCUT2D eigenvalue weighted by atomic mass is 16.4. The lowest BCUT2D eigenvalue weighted by Gasteiger charge is -2.10. The molecular weight excluding hydrogens is 264 g/mol. The molecule has 0 bridgehead atoms. The Morgan fingerprint density at radius 1 is 0.810 bits per heavy atom. The summed E-state index contributed by atoms with van der Waals surface area (Å²) < 4.78 is 0. The maximum Gasteiger partial charge on any atom is 0.0543 e. The van der Waals surface area contributed by atoms with Crippen LogP contribution >= 0.6 is 0 Å². The first-order chi connectivity index (χ1) is 10.2. The molecule has 3 heteroatoms. The third-order valence-electron chi connectivity index (χ3n) is 4.07. The van der Waals surface area contributed by atoms with Crippen molar-refractivity contribution in [2.24, 2.45) is 0 Å². The van der Waals surface area contributed by atoms with Crippen LogP contribution in [0, 0.1) is 0 Å². The van der Waals surface area contributed by atoms with Crippen molar-refractivity contribution in [3.05, 3.63) is 0 Å². The fraction of sp³-hybridized carbons (Fsp3) is 0.944. The van der Waals surface area contributed by atoms with Crippen LogP contribution in [0.15, 0.2) is 0 Å². The number of carboxylic acids is 1. The molecule has 1 unspecified atom stereocenters. The SMILES string of the molecule is CCCCCCCCCCCCCCC(O)CCC(=O)[O-]. The number of unbranched alkanes of at least 4 members (excludes halogenated alkanes) is 11. The number of hydrogen-bond acceptors (Lipinski definition) is 3. The Morgan fingerprint density at radius 2 is 1.24 bits per heavy atom. The number of rotatable bonds is 16. The van der Waals surface area contributed by atoms with E-state index >= 15 is 0 Å².